The molecule has 6 nitrogen and oxygen atoms in total. The number of amides is 1. The van der Waals surface area contributed by atoms with Crippen molar-refractivity contribution < 1.29 is 18.0 Å². The van der Waals surface area contributed by atoms with Crippen molar-refractivity contribution in [3.05, 3.63) is 41.6 Å². The number of carbonyl (C=O) groups is 1. The Kier molecular flexibility index (Phi) is 3.99. The van der Waals surface area contributed by atoms with Gasteiger partial charge in [0.25, 0.3) is 0 Å². The lowest BCUT2D eigenvalue weighted by Crippen LogP contribution is -2.27. The van der Waals surface area contributed by atoms with Gasteiger partial charge in [-0.3, -0.25) is 9.48 Å². The van der Waals surface area contributed by atoms with Gasteiger partial charge in [0.05, 0.1) is 22.5 Å². The van der Waals surface area contributed by atoms with Gasteiger partial charge in [0.2, 0.25) is 5.91 Å². The SMILES string of the molecule is CC1(C)C(=O)Nc2nccc(-c3nn([C@H]4CCNC4)c4cc(C(F)(F)F)ccc34)c21. The van der Waals surface area contributed by atoms with Crippen molar-refractivity contribution in [3.63, 3.8) is 0 Å². The Morgan fingerprint density at radius 2 is 2.03 bits per heavy atom. The molecule has 0 radical (unpaired) electrons. The van der Waals surface area contributed by atoms with Gasteiger partial charge in [-0.05, 0) is 51.1 Å². The number of halogens is 3. The summed E-state index contributed by atoms with van der Waals surface area (Å²) in [5.74, 6) is 0.306. The van der Waals surface area contributed by atoms with Gasteiger partial charge in [-0.2, -0.15) is 18.3 Å². The molecule has 2 N–H and O–H groups in total. The molecule has 0 saturated carbocycles. The number of hydrogen-bond acceptors (Lipinski definition) is 4. The molecule has 0 unspecified atom stereocenters. The number of rotatable bonds is 2. The van der Waals surface area contributed by atoms with Crippen LogP contribution < -0.4 is 10.6 Å². The Labute approximate surface area is 170 Å². The maximum absolute atomic E-state index is 13.4. The fourth-order valence-corrected chi connectivity index (χ4v) is 4.40. The largest absolute Gasteiger partial charge is 0.416 e. The van der Waals surface area contributed by atoms with E-state index in [2.05, 4.69) is 15.6 Å². The van der Waals surface area contributed by atoms with E-state index in [0.717, 1.165) is 19.0 Å². The minimum Gasteiger partial charge on any atom is -0.315 e. The molecule has 2 aliphatic rings. The van der Waals surface area contributed by atoms with Crippen molar-refractivity contribution in [2.24, 2.45) is 0 Å². The smallest absolute Gasteiger partial charge is 0.315 e. The minimum absolute atomic E-state index is 0.0348. The van der Waals surface area contributed by atoms with E-state index >= 15 is 0 Å². The molecule has 0 spiro atoms. The van der Waals surface area contributed by atoms with Gasteiger partial charge >= 0.3 is 6.18 Å². The van der Waals surface area contributed by atoms with Crippen LogP contribution in [0.2, 0.25) is 0 Å². The van der Waals surface area contributed by atoms with Crippen molar-refractivity contribution in [1.82, 2.24) is 20.1 Å². The summed E-state index contributed by atoms with van der Waals surface area (Å²) in [6.45, 7) is 5.05. The fraction of sp³-hybridized carbons (Fsp3) is 0.381. The van der Waals surface area contributed by atoms with Gasteiger partial charge in [0, 0.05) is 29.3 Å². The van der Waals surface area contributed by atoms with Crippen LogP contribution in [0.5, 0.6) is 0 Å². The number of alkyl halides is 3. The van der Waals surface area contributed by atoms with Gasteiger partial charge in [-0.25, -0.2) is 4.98 Å². The number of aromatic nitrogens is 3. The summed E-state index contributed by atoms with van der Waals surface area (Å²) in [5, 5.41) is 11.4. The minimum atomic E-state index is -4.44. The van der Waals surface area contributed by atoms with Gasteiger partial charge in [0.1, 0.15) is 11.5 Å². The van der Waals surface area contributed by atoms with Crippen LogP contribution in [-0.2, 0) is 16.4 Å². The van der Waals surface area contributed by atoms with Gasteiger partial charge in [-0.1, -0.05) is 0 Å². The summed E-state index contributed by atoms with van der Waals surface area (Å²) >= 11 is 0. The highest BCUT2D eigenvalue weighted by molar-refractivity contribution is 6.08. The average Bonchev–Trinajstić information content (AvgIpc) is 3.38. The Hall–Kier alpha value is -2.94. The molecule has 1 aromatic carbocycles. The number of pyridine rings is 1. The molecule has 1 amide bonds. The van der Waals surface area contributed by atoms with E-state index in [1.807, 2.05) is 0 Å². The van der Waals surface area contributed by atoms with Crippen molar-refractivity contribution in [3.8, 4) is 11.3 Å². The first-order valence-electron chi connectivity index (χ1n) is 9.79. The molecule has 5 rings (SSSR count). The molecule has 1 fully saturated rings. The number of hydrogen-bond donors (Lipinski definition) is 2. The Bertz CT molecular complexity index is 1180. The van der Waals surface area contributed by atoms with E-state index in [9.17, 15) is 18.0 Å². The van der Waals surface area contributed by atoms with Crippen molar-refractivity contribution in [2.75, 3.05) is 18.4 Å². The molecule has 2 aliphatic heterocycles. The van der Waals surface area contributed by atoms with E-state index in [1.54, 1.807) is 30.8 Å². The number of anilines is 1. The molecule has 3 aromatic rings. The molecule has 156 valence electrons. The molecular formula is C21H20F3N5O. The zero-order valence-corrected chi connectivity index (χ0v) is 16.5. The normalized spacial score (nSPS) is 20.6. The molecule has 1 atom stereocenters. The Balaban J connectivity index is 1.78. The standard InChI is InChI=1S/C21H20F3N5O/c1-20(2)16-14(6-8-26-18(16)27-19(20)30)17-13-4-3-11(21(22,23)24)9-15(13)29(28-17)12-5-7-25-10-12/h3-4,6,8-9,12,25H,5,7,10H2,1-2H3,(H,26,27,30)/t12-/m0/s1. The first kappa shape index (κ1) is 19.0. The average molecular weight is 415 g/mol. The summed E-state index contributed by atoms with van der Waals surface area (Å²) < 4.78 is 41.8. The zero-order chi connectivity index (χ0) is 21.3. The van der Waals surface area contributed by atoms with E-state index in [-0.39, 0.29) is 11.9 Å². The lowest BCUT2D eigenvalue weighted by atomic mass is 9.83. The lowest BCUT2D eigenvalue weighted by molar-refractivity contribution is -0.137. The number of benzene rings is 1. The fourth-order valence-electron chi connectivity index (χ4n) is 4.40. The molecule has 0 bridgehead atoms. The van der Waals surface area contributed by atoms with Crippen LogP contribution in [0.1, 0.15) is 37.4 Å². The molecule has 4 heterocycles. The highest BCUT2D eigenvalue weighted by Crippen LogP contribution is 2.44. The summed E-state index contributed by atoms with van der Waals surface area (Å²) in [4.78, 5) is 16.7. The number of nitrogens with zero attached hydrogens (tertiary/aromatic N) is 3. The van der Waals surface area contributed by atoms with Crippen molar-refractivity contribution in [1.29, 1.82) is 0 Å². The van der Waals surface area contributed by atoms with Gasteiger partial charge in [-0.15, -0.1) is 0 Å². The lowest BCUT2D eigenvalue weighted by Gasteiger charge is -2.17. The monoisotopic (exact) mass is 415 g/mol. The van der Waals surface area contributed by atoms with Gasteiger partial charge in [0.15, 0.2) is 0 Å². The third kappa shape index (κ3) is 2.72. The third-order valence-corrected chi connectivity index (χ3v) is 6.05. The first-order chi connectivity index (χ1) is 14.2. The van der Waals surface area contributed by atoms with E-state index in [4.69, 9.17) is 5.10 Å². The van der Waals surface area contributed by atoms with Crippen LogP contribution in [0, 0.1) is 0 Å². The second-order valence-corrected chi connectivity index (χ2v) is 8.33. The number of carbonyl (C=O) groups excluding carboxylic acids is 1. The van der Waals surface area contributed by atoms with Crippen LogP contribution in [0.25, 0.3) is 22.2 Å². The van der Waals surface area contributed by atoms with E-state index in [1.165, 1.54) is 12.1 Å². The number of nitrogens with one attached hydrogen (secondary N) is 2. The van der Waals surface area contributed by atoms with E-state index in [0.29, 0.717) is 40.1 Å². The van der Waals surface area contributed by atoms with Crippen LogP contribution >= 0.6 is 0 Å². The summed E-state index contributed by atoms with van der Waals surface area (Å²) in [5.41, 5.74) is 0.896. The predicted octanol–water partition coefficient (Wildman–Crippen LogP) is 3.88. The van der Waals surface area contributed by atoms with Crippen LogP contribution in [-0.4, -0.2) is 33.8 Å². The highest BCUT2D eigenvalue weighted by Gasteiger charge is 2.42. The van der Waals surface area contributed by atoms with Crippen LogP contribution in [0.15, 0.2) is 30.5 Å². The van der Waals surface area contributed by atoms with Gasteiger partial charge < -0.3 is 10.6 Å². The molecular weight excluding hydrogens is 395 g/mol. The molecule has 1 saturated heterocycles. The topological polar surface area (TPSA) is 71.8 Å². The molecule has 9 heteroatoms. The maximum atomic E-state index is 13.4. The predicted molar refractivity (Wildman–Crippen MR) is 106 cm³/mol. The summed E-state index contributed by atoms with van der Waals surface area (Å²) in [6.07, 6.45) is -2.07. The quantitative estimate of drug-likeness (QED) is 0.666. The second-order valence-electron chi connectivity index (χ2n) is 8.33. The first-order valence-corrected chi connectivity index (χ1v) is 9.79. The van der Waals surface area contributed by atoms with E-state index < -0.39 is 17.2 Å². The molecule has 30 heavy (non-hydrogen) atoms. The second kappa shape index (κ2) is 6.28. The summed E-state index contributed by atoms with van der Waals surface area (Å²) in [6, 6.07) is 5.47. The van der Waals surface area contributed by atoms with Crippen LogP contribution in [0.3, 0.4) is 0 Å². The van der Waals surface area contributed by atoms with Crippen molar-refractivity contribution >= 4 is 22.6 Å². The zero-order valence-electron chi connectivity index (χ0n) is 16.5. The number of fused-ring (bicyclic) bond motifs is 2. The summed E-state index contributed by atoms with van der Waals surface area (Å²) in [7, 11) is 0. The highest BCUT2D eigenvalue weighted by atomic mass is 19.4. The van der Waals surface area contributed by atoms with Crippen LogP contribution in [0.4, 0.5) is 19.0 Å². The third-order valence-electron chi connectivity index (χ3n) is 6.05. The Morgan fingerprint density at radius 1 is 1.23 bits per heavy atom. The van der Waals surface area contributed by atoms with Crippen molar-refractivity contribution in [2.45, 2.75) is 37.9 Å². The molecule has 2 aromatic heterocycles. The maximum Gasteiger partial charge on any atom is 0.416 e. The molecule has 0 aliphatic carbocycles. The Morgan fingerprint density at radius 3 is 2.73 bits per heavy atom.